The van der Waals surface area contributed by atoms with Crippen LogP contribution >= 0.6 is 0 Å². The zero-order valence-electron chi connectivity index (χ0n) is 12.9. The van der Waals surface area contributed by atoms with Crippen molar-refractivity contribution in [1.29, 1.82) is 0 Å². The fourth-order valence-corrected chi connectivity index (χ4v) is 2.89. The summed E-state index contributed by atoms with van der Waals surface area (Å²) in [5.74, 6) is 0. The molecule has 2 aromatic rings. The van der Waals surface area contributed by atoms with Crippen LogP contribution in [0.4, 0.5) is 5.69 Å². The van der Waals surface area contributed by atoms with Crippen LogP contribution in [0.3, 0.4) is 0 Å². The Labute approximate surface area is 127 Å². The fourth-order valence-electron chi connectivity index (χ4n) is 2.89. The number of aromatic nitrogens is 1. The Morgan fingerprint density at radius 1 is 0.905 bits per heavy atom. The number of benzene rings is 1. The molecule has 1 aliphatic rings. The van der Waals surface area contributed by atoms with Gasteiger partial charge in [0.1, 0.15) is 0 Å². The normalized spacial score (nSPS) is 16.4. The van der Waals surface area contributed by atoms with Crippen LogP contribution in [0, 0.1) is 0 Å². The topological polar surface area (TPSA) is 19.4 Å². The smallest absolute Gasteiger partial charge is 0.0367 e. The zero-order chi connectivity index (χ0) is 14.7. The molecule has 0 unspecified atom stereocenters. The second-order valence-corrected chi connectivity index (χ2v) is 5.91. The molecule has 0 atom stereocenters. The molecule has 0 spiro atoms. The van der Waals surface area contributed by atoms with E-state index in [9.17, 15) is 0 Å². The van der Waals surface area contributed by atoms with Gasteiger partial charge in [0.25, 0.3) is 0 Å². The summed E-state index contributed by atoms with van der Waals surface area (Å²) in [5, 5.41) is 0. The Morgan fingerprint density at radius 2 is 1.62 bits per heavy atom. The first-order valence-corrected chi connectivity index (χ1v) is 7.73. The number of hydrogen-bond donors (Lipinski definition) is 0. The van der Waals surface area contributed by atoms with Crippen molar-refractivity contribution in [3.8, 4) is 11.1 Å². The molecule has 21 heavy (non-hydrogen) atoms. The molecule has 3 heteroatoms. The lowest BCUT2D eigenvalue weighted by Crippen LogP contribution is -2.48. The number of hydrogen-bond acceptors (Lipinski definition) is 3. The SMILES string of the molecule is CC(C)N1CCN(c2ccc(-c3cccnc3)cc2)CC1. The lowest BCUT2D eigenvalue weighted by atomic mass is 10.1. The standard InChI is InChI=1S/C18H23N3/c1-15(2)20-10-12-21(13-11-20)18-7-5-16(6-8-18)17-4-3-9-19-14-17/h3-9,14-15H,10-13H2,1-2H3. The highest BCUT2D eigenvalue weighted by molar-refractivity contribution is 5.65. The Kier molecular flexibility index (Phi) is 4.20. The Hall–Kier alpha value is -1.87. The van der Waals surface area contributed by atoms with E-state index < -0.39 is 0 Å². The van der Waals surface area contributed by atoms with E-state index in [-0.39, 0.29) is 0 Å². The summed E-state index contributed by atoms with van der Waals surface area (Å²) in [5.41, 5.74) is 3.73. The number of rotatable bonds is 3. The largest absolute Gasteiger partial charge is 0.369 e. The van der Waals surface area contributed by atoms with Crippen LogP contribution < -0.4 is 4.90 Å². The van der Waals surface area contributed by atoms with Gasteiger partial charge in [-0.05, 0) is 43.2 Å². The second-order valence-electron chi connectivity index (χ2n) is 5.91. The summed E-state index contributed by atoms with van der Waals surface area (Å²) >= 11 is 0. The minimum absolute atomic E-state index is 0.653. The van der Waals surface area contributed by atoms with Gasteiger partial charge >= 0.3 is 0 Å². The third kappa shape index (κ3) is 3.24. The highest BCUT2D eigenvalue weighted by Gasteiger charge is 2.18. The number of piperazine rings is 1. The quantitative estimate of drug-likeness (QED) is 0.860. The number of anilines is 1. The molecule has 3 nitrogen and oxygen atoms in total. The summed E-state index contributed by atoms with van der Waals surface area (Å²) in [7, 11) is 0. The van der Waals surface area contributed by atoms with E-state index in [1.807, 2.05) is 18.5 Å². The van der Waals surface area contributed by atoms with Gasteiger partial charge in [-0.15, -0.1) is 0 Å². The molecule has 1 fully saturated rings. The molecule has 3 rings (SSSR count). The molecular weight excluding hydrogens is 258 g/mol. The van der Waals surface area contributed by atoms with Gasteiger partial charge in [-0.25, -0.2) is 0 Å². The van der Waals surface area contributed by atoms with Crippen LogP contribution in [0.1, 0.15) is 13.8 Å². The molecule has 0 bridgehead atoms. The number of pyridine rings is 1. The van der Waals surface area contributed by atoms with Crippen molar-refractivity contribution in [1.82, 2.24) is 9.88 Å². The van der Waals surface area contributed by atoms with Gasteiger partial charge in [0.2, 0.25) is 0 Å². The van der Waals surface area contributed by atoms with Crippen molar-refractivity contribution < 1.29 is 0 Å². The van der Waals surface area contributed by atoms with Crippen LogP contribution in [0.15, 0.2) is 48.8 Å². The van der Waals surface area contributed by atoms with E-state index in [0.29, 0.717) is 6.04 Å². The van der Waals surface area contributed by atoms with E-state index in [4.69, 9.17) is 0 Å². The molecule has 1 aromatic carbocycles. The van der Waals surface area contributed by atoms with Crippen molar-refractivity contribution in [3.05, 3.63) is 48.8 Å². The van der Waals surface area contributed by atoms with Crippen molar-refractivity contribution in [3.63, 3.8) is 0 Å². The van der Waals surface area contributed by atoms with Gasteiger partial charge in [0, 0.05) is 50.3 Å². The molecule has 0 aliphatic carbocycles. The first kappa shape index (κ1) is 14.1. The van der Waals surface area contributed by atoms with Crippen molar-refractivity contribution in [2.24, 2.45) is 0 Å². The van der Waals surface area contributed by atoms with Gasteiger partial charge in [-0.1, -0.05) is 18.2 Å². The molecular formula is C18H23N3. The monoisotopic (exact) mass is 281 g/mol. The molecule has 1 aliphatic heterocycles. The Morgan fingerprint density at radius 3 is 2.19 bits per heavy atom. The van der Waals surface area contributed by atoms with E-state index in [2.05, 4.69) is 59.0 Å². The lowest BCUT2D eigenvalue weighted by molar-refractivity contribution is 0.209. The molecule has 1 aromatic heterocycles. The minimum atomic E-state index is 0.653. The zero-order valence-corrected chi connectivity index (χ0v) is 12.9. The highest BCUT2D eigenvalue weighted by atomic mass is 15.3. The predicted octanol–water partition coefficient (Wildman–Crippen LogP) is 3.28. The summed E-state index contributed by atoms with van der Waals surface area (Å²) in [6.45, 7) is 9.09. The molecule has 0 N–H and O–H groups in total. The van der Waals surface area contributed by atoms with Crippen molar-refractivity contribution in [2.45, 2.75) is 19.9 Å². The molecule has 0 radical (unpaired) electrons. The van der Waals surface area contributed by atoms with Gasteiger partial charge in [0.05, 0.1) is 0 Å². The third-order valence-electron chi connectivity index (χ3n) is 4.27. The van der Waals surface area contributed by atoms with E-state index in [1.54, 1.807) is 0 Å². The second kappa shape index (κ2) is 6.27. The van der Waals surface area contributed by atoms with Crippen LogP contribution in [-0.2, 0) is 0 Å². The fraction of sp³-hybridized carbons (Fsp3) is 0.389. The van der Waals surface area contributed by atoms with Crippen molar-refractivity contribution in [2.75, 3.05) is 31.1 Å². The third-order valence-corrected chi connectivity index (χ3v) is 4.27. The van der Waals surface area contributed by atoms with E-state index in [0.717, 1.165) is 26.2 Å². The Balaban J connectivity index is 1.68. The van der Waals surface area contributed by atoms with E-state index >= 15 is 0 Å². The first-order valence-electron chi connectivity index (χ1n) is 7.73. The molecule has 110 valence electrons. The average molecular weight is 281 g/mol. The highest BCUT2D eigenvalue weighted by Crippen LogP contribution is 2.23. The average Bonchev–Trinajstić information content (AvgIpc) is 2.56. The molecule has 1 saturated heterocycles. The molecule has 0 saturated carbocycles. The Bertz CT molecular complexity index is 555. The minimum Gasteiger partial charge on any atom is -0.369 e. The van der Waals surface area contributed by atoms with E-state index in [1.165, 1.54) is 16.8 Å². The van der Waals surface area contributed by atoms with Gasteiger partial charge < -0.3 is 4.90 Å². The number of nitrogens with zero attached hydrogens (tertiary/aromatic N) is 3. The van der Waals surface area contributed by atoms with Crippen LogP contribution in [-0.4, -0.2) is 42.1 Å². The lowest BCUT2D eigenvalue weighted by Gasteiger charge is -2.38. The maximum Gasteiger partial charge on any atom is 0.0367 e. The predicted molar refractivity (Wildman–Crippen MR) is 88.6 cm³/mol. The van der Waals surface area contributed by atoms with Gasteiger partial charge in [-0.3, -0.25) is 9.88 Å². The van der Waals surface area contributed by atoms with Crippen LogP contribution in [0.5, 0.6) is 0 Å². The maximum atomic E-state index is 4.18. The van der Waals surface area contributed by atoms with Gasteiger partial charge in [-0.2, -0.15) is 0 Å². The summed E-state index contributed by atoms with van der Waals surface area (Å²) < 4.78 is 0. The van der Waals surface area contributed by atoms with Crippen LogP contribution in [0.25, 0.3) is 11.1 Å². The maximum absolute atomic E-state index is 4.18. The molecule has 0 amide bonds. The summed E-state index contributed by atoms with van der Waals surface area (Å²) in [4.78, 5) is 9.20. The molecule has 2 heterocycles. The van der Waals surface area contributed by atoms with Crippen molar-refractivity contribution >= 4 is 5.69 Å². The van der Waals surface area contributed by atoms with Gasteiger partial charge in [0.15, 0.2) is 0 Å². The summed E-state index contributed by atoms with van der Waals surface area (Å²) in [6, 6.07) is 13.6. The van der Waals surface area contributed by atoms with Crippen LogP contribution in [0.2, 0.25) is 0 Å². The summed E-state index contributed by atoms with van der Waals surface area (Å²) in [6.07, 6.45) is 3.72. The first-order chi connectivity index (χ1) is 10.2.